The highest BCUT2D eigenvalue weighted by molar-refractivity contribution is 4.91. The molecule has 2 N–H and O–H groups in total. The van der Waals surface area contributed by atoms with Gasteiger partial charge in [0.05, 0.1) is 0 Å². The van der Waals surface area contributed by atoms with Crippen LogP contribution in [0.1, 0.15) is 57.7 Å². The summed E-state index contributed by atoms with van der Waals surface area (Å²) in [6.45, 7) is 7.15. The number of hydrogen-bond donors (Lipinski definition) is 1. The maximum Gasteiger partial charge on any atom is 0.229 e. The van der Waals surface area contributed by atoms with Crippen LogP contribution in [0.15, 0.2) is 4.52 Å². The Kier molecular flexibility index (Phi) is 6.15. The Balaban J connectivity index is 2.35. The van der Waals surface area contributed by atoms with E-state index in [0.717, 1.165) is 19.3 Å². The van der Waals surface area contributed by atoms with Gasteiger partial charge < -0.3 is 15.0 Å². The summed E-state index contributed by atoms with van der Waals surface area (Å²) in [5, 5.41) is 3.88. The molecule has 0 radical (unpaired) electrons. The molecular weight excluding hydrogens is 218 g/mol. The first-order valence-corrected chi connectivity index (χ1v) is 6.29. The van der Waals surface area contributed by atoms with Gasteiger partial charge in [0.1, 0.15) is 6.61 Å². The van der Waals surface area contributed by atoms with Gasteiger partial charge in [-0.1, -0.05) is 18.5 Å². The average Bonchev–Trinajstić information content (AvgIpc) is 2.74. The van der Waals surface area contributed by atoms with Gasteiger partial charge in [-0.05, 0) is 26.7 Å². The van der Waals surface area contributed by atoms with Gasteiger partial charge in [-0.2, -0.15) is 4.98 Å². The number of nitrogens with zero attached hydrogens (tertiary/aromatic N) is 2. The Bertz CT molecular complexity index is 312. The maximum absolute atomic E-state index is 5.71. The van der Waals surface area contributed by atoms with Gasteiger partial charge in [0.15, 0.2) is 5.82 Å². The van der Waals surface area contributed by atoms with Crippen LogP contribution < -0.4 is 5.73 Å². The quantitative estimate of drug-likeness (QED) is 0.755. The molecule has 0 amide bonds. The smallest absolute Gasteiger partial charge is 0.229 e. The zero-order chi connectivity index (χ0) is 12.7. The van der Waals surface area contributed by atoms with Crippen LogP contribution in [0.5, 0.6) is 0 Å². The molecule has 0 aliphatic heterocycles. The molecule has 17 heavy (non-hydrogen) atoms. The van der Waals surface area contributed by atoms with E-state index in [1.54, 1.807) is 0 Å². The molecule has 0 saturated heterocycles. The van der Waals surface area contributed by atoms with Crippen molar-refractivity contribution in [2.24, 2.45) is 5.73 Å². The Morgan fingerprint density at radius 1 is 1.35 bits per heavy atom. The molecule has 1 heterocycles. The van der Waals surface area contributed by atoms with Gasteiger partial charge in [-0.3, -0.25) is 0 Å². The molecule has 1 aromatic rings. The SMILES string of the molecule is CCOCc1noc(C(C)CCCC(C)N)n1. The van der Waals surface area contributed by atoms with E-state index >= 15 is 0 Å². The van der Waals surface area contributed by atoms with E-state index in [0.29, 0.717) is 24.9 Å². The second-order valence-electron chi connectivity index (χ2n) is 4.50. The van der Waals surface area contributed by atoms with Crippen molar-refractivity contribution < 1.29 is 9.26 Å². The molecule has 0 aliphatic rings. The second-order valence-corrected chi connectivity index (χ2v) is 4.50. The minimum atomic E-state index is 0.262. The summed E-state index contributed by atoms with van der Waals surface area (Å²) < 4.78 is 10.4. The third kappa shape index (κ3) is 5.28. The molecule has 1 aromatic heterocycles. The Morgan fingerprint density at radius 2 is 2.12 bits per heavy atom. The number of aromatic nitrogens is 2. The van der Waals surface area contributed by atoms with Crippen molar-refractivity contribution in [2.75, 3.05) is 6.61 Å². The lowest BCUT2D eigenvalue weighted by atomic mass is 10.0. The van der Waals surface area contributed by atoms with Gasteiger partial charge >= 0.3 is 0 Å². The molecule has 5 heteroatoms. The standard InChI is InChI=1S/C12H23N3O2/c1-4-16-8-11-14-12(17-15-11)9(2)6-5-7-10(3)13/h9-10H,4-8,13H2,1-3H3. The molecule has 0 saturated carbocycles. The molecule has 1 rings (SSSR count). The predicted octanol–water partition coefficient (Wildman–Crippen LogP) is 2.23. The van der Waals surface area contributed by atoms with Gasteiger partial charge in [-0.25, -0.2) is 0 Å². The molecule has 0 bridgehead atoms. The van der Waals surface area contributed by atoms with E-state index in [9.17, 15) is 0 Å². The van der Waals surface area contributed by atoms with Crippen LogP contribution in [0.3, 0.4) is 0 Å². The minimum absolute atomic E-state index is 0.262. The normalized spacial score (nSPS) is 14.8. The first kappa shape index (κ1) is 14.1. The number of hydrogen-bond acceptors (Lipinski definition) is 5. The monoisotopic (exact) mass is 241 g/mol. The van der Waals surface area contributed by atoms with Crippen molar-refractivity contribution in [1.82, 2.24) is 10.1 Å². The topological polar surface area (TPSA) is 74.2 Å². The molecule has 0 aliphatic carbocycles. The van der Waals surface area contributed by atoms with Crippen LogP contribution in [0.2, 0.25) is 0 Å². The molecule has 98 valence electrons. The van der Waals surface area contributed by atoms with Gasteiger partial charge in [0.2, 0.25) is 5.89 Å². The lowest BCUT2D eigenvalue weighted by molar-refractivity contribution is 0.126. The number of ether oxygens (including phenoxy) is 1. The largest absolute Gasteiger partial charge is 0.374 e. The van der Waals surface area contributed by atoms with Crippen LogP contribution in [-0.4, -0.2) is 22.8 Å². The average molecular weight is 241 g/mol. The van der Waals surface area contributed by atoms with Gasteiger partial charge in [-0.15, -0.1) is 0 Å². The van der Waals surface area contributed by atoms with Crippen molar-refractivity contribution in [3.8, 4) is 0 Å². The number of rotatable bonds is 8. The summed E-state index contributed by atoms with van der Waals surface area (Å²) in [4.78, 5) is 4.31. The first-order valence-electron chi connectivity index (χ1n) is 6.29. The summed E-state index contributed by atoms with van der Waals surface area (Å²) in [6.07, 6.45) is 3.14. The fourth-order valence-corrected chi connectivity index (χ4v) is 1.59. The van der Waals surface area contributed by atoms with E-state index < -0.39 is 0 Å². The van der Waals surface area contributed by atoms with Crippen molar-refractivity contribution in [1.29, 1.82) is 0 Å². The van der Waals surface area contributed by atoms with Crippen LogP contribution >= 0.6 is 0 Å². The molecule has 0 spiro atoms. The first-order chi connectivity index (χ1) is 8.13. The molecular formula is C12H23N3O2. The van der Waals surface area contributed by atoms with Crippen molar-refractivity contribution >= 4 is 0 Å². The summed E-state index contributed by atoms with van der Waals surface area (Å²) >= 11 is 0. The Hall–Kier alpha value is -0.940. The highest BCUT2D eigenvalue weighted by Gasteiger charge is 2.14. The summed E-state index contributed by atoms with van der Waals surface area (Å²) in [5.74, 6) is 1.61. The summed E-state index contributed by atoms with van der Waals surface area (Å²) in [6, 6.07) is 0.262. The van der Waals surface area contributed by atoms with Crippen LogP contribution in [0.4, 0.5) is 0 Å². The maximum atomic E-state index is 5.71. The minimum Gasteiger partial charge on any atom is -0.374 e. The molecule has 2 atom stereocenters. The van der Waals surface area contributed by atoms with Gasteiger partial charge in [0.25, 0.3) is 0 Å². The van der Waals surface area contributed by atoms with Crippen molar-refractivity contribution in [3.05, 3.63) is 11.7 Å². The predicted molar refractivity (Wildman–Crippen MR) is 65.5 cm³/mol. The van der Waals surface area contributed by atoms with Crippen molar-refractivity contribution in [2.45, 2.75) is 58.6 Å². The summed E-state index contributed by atoms with van der Waals surface area (Å²) in [5.41, 5.74) is 5.71. The third-order valence-corrected chi connectivity index (χ3v) is 2.64. The van der Waals surface area contributed by atoms with Crippen LogP contribution in [-0.2, 0) is 11.3 Å². The molecule has 0 fully saturated rings. The van der Waals surface area contributed by atoms with Crippen molar-refractivity contribution in [3.63, 3.8) is 0 Å². The second kappa shape index (κ2) is 7.40. The van der Waals surface area contributed by atoms with E-state index in [1.807, 2.05) is 13.8 Å². The Morgan fingerprint density at radius 3 is 2.76 bits per heavy atom. The fourth-order valence-electron chi connectivity index (χ4n) is 1.59. The molecule has 0 aromatic carbocycles. The highest BCUT2D eigenvalue weighted by atomic mass is 16.5. The molecule has 2 unspecified atom stereocenters. The summed E-state index contributed by atoms with van der Waals surface area (Å²) in [7, 11) is 0. The lowest BCUT2D eigenvalue weighted by Crippen LogP contribution is -2.14. The zero-order valence-electron chi connectivity index (χ0n) is 11.0. The van der Waals surface area contributed by atoms with E-state index in [4.69, 9.17) is 15.0 Å². The third-order valence-electron chi connectivity index (χ3n) is 2.64. The van der Waals surface area contributed by atoms with Crippen LogP contribution in [0.25, 0.3) is 0 Å². The molecule has 5 nitrogen and oxygen atoms in total. The zero-order valence-corrected chi connectivity index (χ0v) is 11.0. The van der Waals surface area contributed by atoms with Crippen LogP contribution in [0, 0.1) is 0 Å². The van der Waals surface area contributed by atoms with Gasteiger partial charge in [0, 0.05) is 18.6 Å². The van der Waals surface area contributed by atoms with E-state index in [2.05, 4.69) is 17.1 Å². The number of nitrogens with two attached hydrogens (primary N) is 1. The lowest BCUT2D eigenvalue weighted by Gasteiger charge is -2.07. The highest BCUT2D eigenvalue weighted by Crippen LogP contribution is 2.20. The fraction of sp³-hybridized carbons (Fsp3) is 0.833. The van der Waals surface area contributed by atoms with E-state index in [1.165, 1.54) is 0 Å². The Labute approximate surface area is 103 Å². The van der Waals surface area contributed by atoms with E-state index in [-0.39, 0.29) is 12.0 Å².